The monoisotopic (exact) mass is 93.1 g/mol. The normalized spacial score (nSPS) is 5.50. The van der Waals surface area contributed by atoms with Crippen molar-refractivity contribution in [2.75, 3.05) is 7.05 Å². The molecule has 0 saturated heterocycles. The summed E-state index contributed by atoms with van der Waals surface area (Å²) in [5, 5.41) is 21.5. The van der Waals surface area contributed by atoms with Gasteiger partial charge in [-0.15, -0.1) is 0 Å². The summed E-state index contributed by atoms with van der Waals surface area (Å²) in [6.07, 6.45) is 0. The van der Waals surface area contributed by atoms with E-state index in [0.29, 0.717) is 0 Å². The van der Waals surface area contributed by atoms with Crippen LogP contribution in [0, 0.1) is 0 Å². The maximum Gasteiger partial charge on any atom is 0.631 e. The fourth-order valence-electron chi connectivity index (χ4n) is 0. The SMILES string of the molecule is CN.OB(O)O. The Hall–Kier alpha value is -0.0951. The van der Waals surface area contributed by atoms with E-state index in [-0.39, 0.29) is 0 Å². The molecule has 0 atom stereocenters. The van der Waals surface area contributed by atoms with Crippen LogP contribution in [0.15, 0.2) is 0 Å². The molecule has 0 aromatic rings. The lowest BCUT2D eigenvalue weighted by molar-refractivity contribution is 0.278. The van der Waals surface area contributed by atoms with Crippen LogP contribution in [0.3, 0.4) is 0 Å². The van der Waals surface area contributed by atoms with Gasteiger partial charge in [0.25, 0.3) is 0 Å². The molecule has 0 aromatic carbocycles. The standard InChI is InChI=1S/CH5N.BH3O3/c1-2;2-1(3)4/h2H2,1H3;2-4H. The third-order valence-electron chi connectivity index (χ3n) is 0. The molecule has 0 aliphatic heterocycles. The second-order valence-corrected chi connectivity index (χ2v) is 0.346. The van der Waals surface area contributed by atoms with Gasteiger partial charge in [0.2, 0.25) is 0 Å². The van der Waals surface area contributed by atoms with Gasteiger partial charge >= 0.3 is 7.32 Å². The average Bonchev–Trinajstić information content (AvgIpc) is 1.41. The Morgan fingerprint density at radius 1 is 1.17 bits per heavy atom. The van der Waals surface area contributed by atoms with Crippen LogP contribution in [0.1, 0.15) is 0 Å². The van der Waals surface area contributed by atoms with Crippen LogP contribution in [-0.4, -0.2) is 29.4 Å². The molecule has 5 N–H and O–H groups in total. The summed E-state index contributed by atoms with van der Waals surface area (Å²) in [5.74, 6) is 0. The second kappa shape index (κ2) is 8.86. The molecule has 38 valence electrons. The van der Waals surface area contributed by atoms with E-state index in [2.05, 4.69) is 5.73 Å². The third kappa shape index (κ3) is 3650. The fourth-order valence-corrected chi connectivity index (χ4v) is 0. The molecular formula is CH8BNO3. The summed E-state index contributed by atoms with van der Waals surface area (Å²) >= 11 is 0. The Labute approximate surface area is 36.4 Å². The minimum Gasteiger partial charge on any atom is -0.402 e. The summed E-state index contributed by atoms with van der Waals surface area (Å²) in [5.41, 5.74) is 4.50. The van der Waals surface area contributed by atoms with E-state index in [1.54, 1.807) is 0 Å². The van der Waals surface area contributed by atoms with Crippen LogP contribution in [-0.2, 0) is 0 Å². The van der Waals surface area contributed by atoms with Crippen molar-refractivity contribution in [2.45, 2.75) is 0 Å². The number of nitrogens with two attached hydrogens (primary N) is 1. The minimum absolute atomic E-state index is 1.50. The van der Waals surface area contributed by atoms with Gasteiger partial charge in [0.1, 0.15) is 0 Å². The lowest BCUT2D eigenvalue weighted by Crippen LogP contribution is -2.07. The minimum atomic E-state index is -2.17. The van der Waals surface area contributed by atoms with Crippen LogP contribution in [0.5, 0.6) is 0 Å². The van der Waals surface area contributed by atoms with Crippen molar-refractivity contribution in [1.29, 1.82) is 0 Å². The highest BCUT2D eigenvalue weighted by Crippen LogP contribution is 1.40. The molecule has 0 rings (SSSR count). The molecule has 5 heteroatoms. The van der Waals surface area contributed by atoms with Crippen molar-refractivity contribution in [2.24, 2.45) is 5.73 Å². The Kier molecular flexibility index (Phi) is 13.8. The van der Waals surface area contributed by atoms with Crippen molar-refractivity contribution in [3.63, 3.8) is 0 Å². The molecule has 0 saturated carbocycles. The molecule has 0 radical (unpaired) electrons. The largest absolute Gasteiger partial charge is 0.631 e. The van der Waals surface area contributed by atoms with Gasteiger partial charge in [-0.3, -0.25) is 0 Å². The summed E-state index contributed by atoms with van der Waals surface area (Å²) in [7, 11) is -0.667. The number of hydrogen-bond acceptors (Lipinski definition) is 4. The van der Waals surface area contributed by atoms with Crippen molar-refractivity contribution < 1.29 is 15.1 Å². The summed E-state index contributed by atoms with van der Waals surface area (Å²) in [6.45, 7) is 0. The summed E-state index contributed by atoms with van der Waals surface area (Å²) < 4.78 is 0. The zero-order valence-electron chi connectivity index (χ0n) is 3.50. The molecule has 0 aliphatic carbocycles. The molecule has 0 bridgehead atoms. The third-order valence-corrected chi connectivity index (χ3v) is 0. The Bertz CT molecular complexity index is 15.5. The zero-order valence-corrected chi connectivity index (χ0v) is 3.50. The highest BCUT2D eigenvalue weighted by atomic mass is 16.5. The van der Waals surface area contributed by atoms with Gasteiger partial charge < -0.3 is 20.8 Å². The van der Waals surface area contributed by atoms with E-state index in [9.17, 15) is 0 Å². The smallest absolute Gasteiger partial charge is 0.402 e. The lowest BCUT2D eigenvalue weighted by atomic mass is 10.3. The van der Waals surface area contributed by atoms with Gasteiger partial charge in [-0.05, 0) is 7.05 Å². The average molecular weight is 92.9 g/mol. The maximum atomic E-state index is 7.17. The molecule has 0 fully saturated rings. The molecule has 0 heterocycles. The van der Waals surface area contributed by atoms with E-state index in [0.717, 1.165) is 0 Å². The van der Waals surface area contributed by atoms with Crippen LogP contribution in [0.25, 0.3) is 0 Å². The van der Waals surface area contributed by atoms with E-state index in [4.69, 9.17) is 15.1 Å². The van der Waals surface area contributed by atoms with Gasteiger partial charge in [0.15, 0.2) is 0 Å². The first-order valence-electron chi connectivity index (χ1n) is 1.35. The van der Waals surface area contributed by atoms with Gasteiger partial charge in [0.05, 0.1) is 0 Å². The number of rotatable bonds is 0. The van der Waals surface area contributed by atoms with Crippen molar-refractivity contribution in [3.05, 3.63) is 0 Å². The fraction of sp³-hybridized carbons (Fsp3) is 1.00. The summed E-state index contributed by atoms with van der Waals surface area (Å²) in [6, 6.07) is 0. The van der Waals surface area contributed by atoms with E-state index < -0.39 is 7.32 Å². The van der Waals surface area contributed by atoms with Gasteiger partial charge in [0, 0.05) is 0 Å². The lowest BCUT2D eigenvalue weighted by Gasteiger charge is -1.69. The first-order valence-corrected chi connectivity index (χ1v) is 1.35. The van der Waals surface area contributed by atoms with Crippen LogP contribution >= 0.6 is 0 Å². The van der Waals surface area contributed by atoms with Gasteiger partial charge in [-0.1, -0.05) is 0 Å². The molecule has 0 aliphatic rings. The maximum absolute atomic E-state index is 7.17. The van der Waals surface area contributed by atoms with Crippen LogP contribution in [0.2, 0.25) is 0 Å². The highest BCUT2D eigenvalue weighted by Gasteiger charge is 1.92. The Morgan fingerprint density at radius 3 is 1.17 bits per heavy atom. The molecule has 0 unspecified atom stereocenters. The molecule has 0 spiro atoms. The Balaban J connectivity index is 0. The van der Waals surface area contributed by atoms with Crippen LogP contribution in [0.4, 0.5) is 0 Å². The summed E-state index contributed by atoms with van der Waals surface area (Å²) in [4.78, 5) is 0. The molecule has 0 aromatic heterocycles. The number of hydrogen-bond donors (Lipinski definition) is 4. The molecule has 6 heavy (non-hydrogen) atoms. The predicted molar refractivity (Wildman–Crippen MR) is 22.5 cm³/mol. The van der Waals surface area contributed by atoms with E-state index >= 15 is 0 Å². The van der Waals surface area contributed by atoms with Gasteiger partial charge in [-0.25, -0.2) is 0 Å². The van der Waals surface area contributed by atoms with E-state index in [1.165, 1.54) is 7.05 Å². The molecular weight excluding hydrogens is 84.8 g/mol. The van der Waals surface area contributed by atoms with Crippen molar-refractivity contribution in [1.82, 2.24) is 0 Å². The zero-order chi connectivity index (χ0) is 5.58. The van der Waals surface area contributed by atoms with Gasteiger partial charge in [-0.2, -0.15) is 0 Å². The topological polar surface area (TPSA) is 86.7 Å². The van der Waals surface area contributed by atoms with Crippen molar-refractivity contribution in [3.8, 4) is 0 Å². The van der Waals surface area contributed by atoms with Crippen LogP contribution < -0.4 is 5.73 Å². The molecule has 0 amide bonds. The predicted octanol–water partition coefficient (Wildman–Crippen LogP) is -2.48. The quantitative estimate of drug-likeness (QED) is 0.250. The highest BCUT2D eigenvalue weighted by molar-refractivity contribution is 6.30. The Morgan fingerprint density at radius 2 is 1.17 bits per heavy atom. The first-order chi connectivity index (χ1) is 2.73. The molecule has 4 nitrogen and oxygen atoms in total. The van der Waals surface area contributed by atoms with E-state index in [1.807, 2.05) is 0 Å². The second-order valence-electron chi connectivity index (χ2n) is 0.346. The van der Waals surface area contributed by atoms with Crippen molar-refractivity contribution >= 4 is 7.32 Å². The first kappa shape index (κ1) is 9.32.